The van der Waals surface area contributed by atoms with Crippen LogP contribution in [0.4, 0.5) is 10.5 Å². The predicted octanol–water partition coefficient (Wildman–Crippen LogP) is 5.68. The minimum atomic E-state index is -0.494. The van der Waals surface area contributed by atoms with Gasteiger partial charge in [0, 0.05) is 32.3 Å². The van der Waals surface area contributed by atoms with Crippen molar-refractivity contribution in [3.05, 3.63) is 54.4 Å². The van der Waals surface area contributed by atoms with Gasteiger partial charge in [0.15, 0.2) is 0 Å². The number of aromatic nitrogens is 1. The Balaban J connectivity index is 1.19. The van der Waals surface area contributed by atoms with E-state index in [1.807, 2.05) is 33.0 Å². The maximum absolute atomic E-state index is 12.5. The minimum Gasteiger partial charge on any atom is -0.490 e. The molecule has 0 spiro atoms. The molecule has 1 aromatic heterocycles. The van der Waals surface area contributed by atoms with Gasteiger partial charge in [0.2, 0.25) is 0 Å². The number of rotatable bonds is 9. The van der Waals surface area contributed by atoms with Crippen molar-refractivity contribution in [1.82, 2.24) is 9.88 Å². The number of hydrogen-bond donors (Lipinski definition) is 0. The minimum absolute atomic E-state index is 0.0309. The molecule has 2 aliphatic rings. The van der Waals surface area contributed by atoms with E-state index in [4.69, 9.17) is 14.2 Å². The Kier molecular flexibility index (Phi) is 9.08. The van der Waals surface area contributed by atoms with Crippen LogP contribution < -0.4 is 9.64 Å². The van der Waals surface area contributed by atoms with Gasteiger partial charge in [0.25, 0.3) is 0 Å². The fourth-order valence-corrected chi connectivity index (χ4v) is 4.92. The summed E-state index contributed by atoms with van der Waals surface area (Å²) < 4.78 is 17.6. The Morgan fingerprint density at radius 1 is 1.06 bits per heavy atom. The van der Waals surface area contributed by atoms with Crippen LogP contribution in [0.15, 0.2) is 48.8 Å². The summed E-state index contributed by atoms with van der Waals surface area (Å²) in [7, 11) is 0. The molecule has 7 heteroatoms. The maximum atomic E-state index is 12.5. The molecule has 0 radical (unpaired) electrons. The van der Waals surface area contributed by atoms with E-state index < -0.39 is 5.60 Å². The second kappa shape index (κ2) is 12.4. The number of likely N-dealkylation sites (tertiary alicyclic amines) is 1. The number of ether oxygens (including phenoxy) is 3. The van der Waals surface area contributed by atoms with Gasteiger partial charge >= 0.3 is 6.09 Å². The second-order valence-electron chi connectivity index (χ2n) is 10.9. The Bertz CT molecular complexity index is 954. The van der Waals surface area contributed by atoms with Crippen LogP contribution >= 0.6 is 0 Å². The van der Waals surface area contributed by atoms with Gasteiger partial charge in [0.1, 0.15) is 18.0 Å². The van der Waals surface area contributed by atoms with Crippen LogP contribution in [0.25, 0.3) is 0 Å². The largest absolute Gasteiger partial charge is 0.490 e. The van der Waals surface area contributed by atoms with Gasteiger partial charge in [-0.15, -0.1) is 0 Å². The van der Waals surface area contributed by atoms with Gasteiger partial charge in [-0.25, -0.2) is 4.79 Å². The lowest BCUT2D eigenvalue weighted by molar-refractivity contribution is 0.0187. The van der Waals surface area contributed by atoms with Gasteiger partial charge in [-0.1, -0.05) is 30.3 Å². The Labute approximate surface area is 215 Å². The van der Waals surface area contributed by atoms with Gasteiger partial charge in [-0.2, -0.15) is 0 Å². The number of hydrogen-bond acceptors (Lipinski definition) is 6. The fraction of sp³-hybridized carbons (Fsp3) is 0.586. The SMILES string of the molecule is CC(C)(C)OC(=O)N1CCCC1COc1cncc(N2CCC(CCOCc3ccccc3)CC2)c1. The van der Waals surface area contributed by atoms with E-state index in [2.05, 4.69) is 40.2 Å². The van der Waals surface area contributed by atoms with Crippen molar-refractivity contribution in [1.29, 1.82) is 0 Å². The smallest absolute Gasteiger partial charge is 0.410 e. The van der Waals surface area contributed by atoms with Crippen molar-refractivity contribution in [3.8, 4) is 5.75 Å². The van der Waals surface area contributed by atoms with Crippen LogP contribution in [0.2, 0.25) is 0 Å². The average Bonchev–Trinajstić information content (AvgIpc) is 3.35. The molecule has 0 aliphatic carbocycles. The predicted molar refractivity (Wildman–Crippen MR) is 141 cm³/mol. The average molecular weight is 496 g/mol. The van der Waals surface area contributed by atoms with E-state index in [-0.39, 0.29) is 12.1 Å². The molecule has 7 nitrogen and oxygen atoms in total. The summed E-state index contributed by atoms with van der Waals surface area (Å²) >= 11 is 0. The molecule has 0 N–H and O–H groups in total. The summed E-state index contributed by atoms with van der Waals surface area (Å²) in [4.78, 5) is 21.2. The highest BCUT2D eigenvalue weighted by molar-refractivity contribution is 5.69. The third kappa shape index (κ3) is 7.85. The van der Waals surface area contributed by atoms with Crippen LogP contribution in [-0.2, 0) is 16.1 Å². The molecule has 196 valence electrons. The number of carbonyl (C=O) groups is 1. The molecule has 2 aliphatic heterocycles. The van der Waals surface area contributed by atoms with E-state index in [0.717, 1.165) is 63.2 Å². The molecule has 4 rings (SSSR count). The van der Waals surface area contributed by atoms with Crippen LogP contribution in [0, 0.1) is 5.92 Å². The molecule has 0 bridgehead atoms. The maximum Gasteiger partial charge on any atom is 0.410 e. The second-order valence-corrected chi connectivity index (χ2v) is 10.9. The molecular formula is C29H41N3O4. The number of pyridine rings is 1. The number of anilines is 1. The molecule has 1 amide bonds. The van der Waals surface area contributed by atoms with Crippen LogP contribution in [0.1, 0.15) is 58.4 Å². The normalized spacial score (nSPS) is 18.9. The summed E-state index contributed by atoms with van der Waals surface area (Å²) in [5, 5.41) is 0. The van der Waals surface area contributed by atoms with E-state index in [1.165, 1.54) is 5.56 Å². The Morgan fingerprint density at radius 3 is 2.58 bits per heavy atom. The van der Waals surface area contributed by atoms with Crippen molar-refractivity contribution in [2.45, 2.75) is 71.1 Å². The van der Waals surface area contributed by atoms with E-state index in [0.29, 0.717) is 25.7 Å². The lowest BCUT2D eigenvalue weighted by atomic mass is 9.94. The van der Waals surface area contributed by atoms with Crippen molar-refractivity contribution >= 4 is 11.8 Å². The fourth-order valence-electron chi connectivity index (χ4n) is 4.92. The topological polar surface area (TPSA) is 64.1 Å². The van der Waals surface area contributed by atoms with Crippen LogP contribution in [-0.4, -0.2) is 60.5 Å². The molecule has 36 heavy (non-hydrogen) atoms. The van der Waals surface area contributed by atoms with Crippen LogP contribution in [0.3, 0.4) is 0 Å². The molecular weight excluding hydrogens is 454 g/mol. The summed E-state index contributed by atoms with van der Waals surface area (Å²) in [5.74, 6) is 1.45. The number of benzene rings is 1. The molecule has 2 saturated heterocycles. The van der Waals surface area contributed by atoms with Crippen molar-refractivity contribution in [2.24, 2.45) is 5.92 Å². The third-order valence-electron chi connectivity index (χ3n) is 6.91. The zero-order valence-electron chi connectivity index (χ0n) is 22.0. The van der Waals surface area contributed by atoms with Gasteiger partial charge in [-0.05, 0) is 64.4 Å². The number of nitrogens with zero attached hydrogens (tertiary/aromatic N) is 3. The van der Waals surface area contributed by atoms with Gasteiger partial charge in [-0.3, -0.25) is 4.98 Å². The first kappa shape index (κ1) is 26.3. The summed E-state index contributed by atoms with van der Waals surface area (Å²) in [6.07, 6.45) is 8.74. The van der Waals surface area contributed by atoms with Crippen LogP contribution in [0.5, 0.6) is 5.75 Å². The molecule has 2 aromatic rings. The standard InChI is InChI=1S/C29H41N3O4/c1-29(2,3)36-28(33)32-14-7-10-25(32)22-35-27-18-26(19-30-20-27)31-15-11-23(12-16-31)13-17-34-21-24-8-5-4-6-9-24/h4-6,8-9,18-20,23,25H,7,10-17,21-22H2,1-3H3. The number of carbonyl (C=O) groups excluding carboxylic acids is 1. The van der Waals surface area contributed by atoms with Crippen molar-refractivity contribution < 1.29 is 19.0 Å². The zero-order valence-corrected chi connectivity index (χ0v) is 22.0. The first-order valence-electron chi connectivity index (χ1n) is 13.3. The lowest BCUT2D eigenvalue weighted by Crippen LogP contribution is -2.42. The molecule has 0 saturated carbocycles. The van der Waals surface area contributed by atoms with Crippen molar-refractivity contribution in [2.75, 3.05) is 37.7 Å². The number of amides is 1. The Hall–Kier alpha value is -2.80. The third-order valence-corrected chi connectivity index (χ3v) is 6.91. The van der Waals surface area contributed by atoms with Crippen molar-refractivity contribution in [3.63, 3.8) is 0 Å². The van der Waals surface area contributed by atoms with Gasteiger partial charge < -0.3 is 24.0 Å². The molecule has 1 atom stereocenters. The zero-order chi connectivity index (χ0) is 25.4. The highest BCUT2D eigenvalue weighted by atomic mass is 16.6. The summed E-state index contributed by atoms with van der Waals surface area (Å²) in [6, 6.07) is 12.5. The first-order valence-corrected chi connectivity index (χ1v) is 13.3. The number of piperidine rings is 1. The van der Waals surface area contributed by atoms with E-state index >= 15 is 0 Å². The molecule has 1 unspecified atom stereocenters. The lowest BCUT2D eigenvalue weighted by Gasteiger charge is -2.33. The summed E-state index contributed by atoms with van der Waals surface area (Å²) in [6.45, 7) is 10.4. The Morgan fingerprint density at radius 2 is 1.83 bits per heavy atom. The molecule has 2 fully saturated rings. The monoisotopic (exact) mass is 495 g/mol. The summed E-state index contributed by atoms with van der Waals surface area (Å²) in [5.41, 5.74) is 1.83. The van der Waals surface area contributed by atoms with E-state index in [9.17, 15) is 4.79 Å². The molecule has 3 heterocycles. The quantitative estimate of drug-likeness (QED) is 0.417. The molecule has 1 aromatic carbocycles. The van der Waals surface area contributed by atoms with Gasteiger partial charge in [0.05, 0.1) is 30.7 Å². The highest BCUT2D eigenvalue weighted by Crippen LogP contribution is 2.28. The van der Waals surface area contributed by atoms with E-state index in [1.54, 1.807) is 11.1 Å². The highest BCUT2D eigenvalue weighted by Gasteiger charge is 2.32. The first-order chi connectivity index (χ1) is 17.4.